The highest BCUT2D eigenvalue weighted by Gasteiger charge is 2.03. The maximum Gasteiger partial charge on any atom is 0.250 e. The molecule has 1 rings (SSSR count). The van der Waals surface area contributed by atoms with Gasteiger partial charge < -0.3 is 20.5 Å². The third kappa shape index (κ3) is 6.22. The fraction of sp³-hybridized carbons (Fsp3) is 0.500. The lowest BCUT2D eigenvalue weighted by Crippen LogP contribution is -2.20. The predicted molar refractivity (Wildman–Crippen MR) is 76.2 cm³/mol. The molecule has 0 saturated carbocycles. The molecule has 3 N–H and O–H groups in total. The van der Waals surface area contributed by atoms with Crippen LogP contribution in [0.2, 0.25) is 0 Å². The smallest absolute Gasteiger partial charge is 0.250 e. The minimum atomic E-state index is -0.196. The van der Waals surface area contributed by atoms with Gasteiger partial charge in [-0.3, -0.25) is 4.79 Å². The van der Waals surface area contributed by atoms with Crippen molar-refractivity contribution in [3.8, 4) is 0 Å². The average Bonchev–Trinajstić information content (AvgIpc) is 2.38. The maximum atomic E-state index is 11.6. The highest BCUT2D eigenvalue weighted by Crippen LogP contribution is 2.16. The van der Waals surface area contributed by atoms with Gasteiger partial charge in [0.05, 0.1) is 13.2 Å². The van der Waals surface area contributed by atoms with Gasteiger partial charge in [0.2, 0.25) is 5.91 Å². The van der Waals surface area contributed by atoms with Crippen molar-refractivity contribution in [2.24, 2.45) is 0 Å². The Labute approximate surface area is 114 Å². The zero-order chi connectivity index (χ0) is 14.1. The number of benzene rings is 1. The van der Waals surface area contributed by atoms with Crippen LogP contribution in [0.3, 0.4) is 0 Å². The quantitative estimate of drug-likeness (QED) is 0.557. The number of ether oxygens (including phenoxy) is 2. The molecular weight excluding hydrogens is 244 g/mol. The lowest BCUT2D eigenvalue weighted by atomic mass is 10.2. The van der Waals surface area contributed by atoms with E-state index in [1.807, 2.05) is 26.0 Å². The zero-order valence-electron chi connectivity index (χ0n) is 11.6. The normalized spacial score (nSPS) is 10.4. The number of carbonyl (C=O) groups excluding carboxylic acids is 1. The first-order valence-corrected chi connectivity index (χ1v) is 6.45. The van der Waals surface area contributed by atoms with Gasteiger partial charge in [-0.25, -0.2) is 0 Å². The lowest BCUT2D eigenvalue weighted by Gasteiger charge is -2.08. The van der Waals surface area contributed by atoms with Crippen molar-refractivity contribution in [1.82, 2.24) is 0 Å². The molecular formula is C14H22N2O3. The summed E-state index contributed by atoms with van der Waals surface area (Å²) in [6, 6.07) is 5.41. The van der Waals surface area contributed by atoms with Gasteiger partial charge in [0.1, 0.15) is 6.61 Å². The number of aryl methyl sites for hydroxylation is 1. The van der Waals surface area contributed by atoms with Crippen LogP contribution < -0.4 is 11.1 Å². The minimum absolute atomic E-state index is 0.0171. The Hall–Kier alpha value is -1.59. The molecule has 0 radical (unpaired) electrons. The number of rotatable bonds is 8. The summed E-state index contributed by atoms with van der Waals surface area (Å²) >= 11 is 0. The first kappa shape index (κ1) is 15.5. The standard InChI is InChI=1S/C14H22N2O3/c1-3-6-18-7-8-19-10-14(17)16-12-5-4-11(2)13(15)9-12/h4-5,9H,3,6-8,10,15H2,1-2H3,(H,16,17). The highest BCUT2D eigenvalue weighted by atomic mass is 16.5. The molecule has 5 nitrogen and oxygen atoms in total. The number of nitrogen functional groups attached to an aromatic ring is 1. The summed E-state index contributed by atoms with van der Waals surface area (Å²) in [4.78, 5) is 11.6. The molecule has 0 aromatic heterocycles. The molecule has 0 fully saturated rings. The SMILES string of the molecule is CCCOCCOCC(=O)Nc1ccc(C)c(N)c1. The molecule has 0 atom stereocenters. The van der Waals surface area contributed by atoms with E-state index in [1.165, 1.54) is 0 Å². The molecule has 1 aromatic rings. The fourth-order valence-electron chi connectivity index (χ4n) is 1.44. The van der Waals surface area contributed by atoms with Crippen LogP contribution in [0, 0.1) is 6.92 Å². The molecule has 1 amide bonds. The van der Waals surface area contributed by atoms with E-state index >= 15 is 0 Å². The van der Waals surface area contributed by atoms with E-state index in [0.717, 1.165) is 18.6 Å². The molecule has 0 bridgehead atoms. The van der Waals surface area contributed by atoms with E-state index in [2.05, 4.69) is 5.32 Å². The number of hydrogen-bond acceptors (Lipinski definition) is 4. The lowest BCUT2D eigenvalue weighted by molar-refractivity contribution is -0.121. The van der Waals surface area contributed by atoms with Crippen LogP contribution in [0.15, 0.2) is 18.2 Å². The van der Waals surface area contributed by atoms with E-state index in [0.29, 0.717) is 24.6 Å². The van der Waals surface area contributed by atoms with Crippen molar-refractivity contribution in [3.63, 3.8) is 0 Å². The number of hydrogen-bond donors (Lipinski definition) is 2. The minimum Gasteiger partial charge on any atom is -0.398 e. The summed E-state index contributed by atoms with van der Waals surface area (Å²) in [6.45, 7) is 5.63. The number of amides is 1. The molecule has 0 heterocycles. The van der Waals surface area contributed by atoms with Crippen molar-refractivity contribution < 1.29 is 14.3 Å². The first-order valence-electron chi connectivity index (χ1n) is 6.45. The molecule has 5 heteroatoms. The van der Waals surface area contributed by atoms with Crippen LogP contribution in [0.25, 0.3) is 0 Å². The Balaban J connectivity index is 2.21. The molecule has 0 aliphatic heterocycles. The Kier molecular flexibility index (Phi) is 6.92. The Bertz CT molecular complexity index is 408. The molecule has 106 valence electrons. The summed E-state index contributed by atoms with van der Waals surface area (Å²) in [7, 11) is 0. The first-order chi connectivity index (χ1) is 9.13. The van der Waals surface area contributed by atoms with E-state index < -0.39 is 0 Å². The Morgan fingerprint density at radius 1 is 1.26 bits per heavy atom. The average molecular weight is 266 g/mol. The topological polar surface area (TPSA) is 73.6 Å². The number of nitrogens with two attached hydrogens (primary N) is 1. The summed E-state index contributed by atoms with van der Waals surface area (Å²) in [5, 5.41) is 2.73. The number of nitrogens with one attached hydrogen (secondary N) is 1. The van der Waals surface area contributed by atoms with Crippen molar-refractivity contribution in [1.29, 1.82) is 0 Å². The van der Waals surface area contributed by atoms with Gasteiger partial charge in [-0.05, 0) is 31.0 Å². The summed E-state index contributed by atoms with van der Waals surface area (Å²) < 4.78 is 10.4. The van der Waals surface area contributed by atoms with Crippen molar-refractivity contribution in [2.75, 3.05) is 37.5 Å². The van der Waals surface area contributed by atoms with Crippen LogP contribution in [0.1, 0.15) is 18.9 Å². The van der Waals surface area contributed by atoms with Crippen LogP contribution >= 0.6 is 0 Å². The largest absolute Gasteiger partial charge is 0.398 e. The third-order valence-electron chi connectivity index (χ3n) is 2.52. The Morgan fingerprint density at radius 3 is 2.68 bits per heavy atom. The van der Waals surface area contributed by atoms with Gasteiger partial charge in [0.15, 0.2) is 0 Å². The van der Waals surface area contributed by atoms with Crippen LogP contribution in [-0.4, -0.2) is 32.3 Å². The van der Waals surface area contributed by atoms with E-state index in [-0.39, 0.29) is 12.5 Å². The summed E-state index contributed by atoms with van der Waals surface area (Å²) in [5.74, 6) is -0.196. The highest BCUT2D eigenvalue weighted by molar-refractivity contribution is 5.92. The van der Waals surface area contributed by atoms with Gasteiger partial charge in [-0.2, -0.15) is 0 Å². The predicted octanol–water partition coefficient (Wildman–Crippen LogP) is 1.96. The third-order valence-corrected chi connectivity index (χ3v) is 2.52. The van der Waals surface area contributed by atoms with Crippen LogP contribution in [0.5, 0.6) is 0 Å². The van der Waals surface area contributed by atoms with Crippen molar-refractivity contribution in [3.05, 3.63) is 23.8 Å². The monoisotopic (exact) mass is 266 g/mol. The van der Waals surface area contributed by atoms with Gasteiger partial charge in [0, 0.05) is 18.0 Å². The van der Waals surface area contributed by atoms with E-state index in [9.17, 15) is 4.79 Å². The van der Waals surface area contributed by atoms with Crippen molar-refractivity contribution >= 4 is 17.3 Å². The molecule has 0 aliphatic carbocycles. The summed E-state index contributed by atoms with van der Waals surface area (Å²) in [5.41, 5.74) is 8.09. The van der Waals surface area contributed by atoms with Gasteiger partial charge >= 0.3 is 0 Å². The molecule has 19 heavy (non-hydrogen) atoms. The van der Waals surface area contributed by atoms with Gasteiger partial charge in [-0.1, -0.05) is 13.0 Å². The van der Waals surface area contributed by atoms with Crippen LogP contribution in [0.4, 0.5) is 11.4 Å². The second kappa shape index (κ2) is 8.50. The van der Waals surface area contributed by atoms with Crippen LogP contribution in [-0.2, 0) is 14.3 Å². The second-order valence-corrected chi connectivity index (χ2v) is 4.28. The number of carbonyl (C=O) groups is 1. The maximum absolute atomic E-state index is 11.6. The fourth-order valence-corrected chi connectivity index (χ4v) is 1.44. The van der Waals surface area contributed by atoms with Crippen molar-refractivity contribution in [2.45, 2.75) is 20.3 Å². The van der Waals surface area contributed by atoms with E-state index in [4.69, 9.17) is 15.2 Å². The Morgan fingerprint density at radius 2 is 2.00 bits per heavy atom. The number of anilines is 2. The zero-order valence-corrected chi connectivity index (χ0v) is 11.6. The molecule has 0 saturated heterocycles. The molecule has 0 spiro atoms. The van der Waals surface area contributed by atoms with E-state index in [1.54, 1.807) is 6.07 Å². The molecule has 0 unspecified atom stereocenters. The molecule has 0 aliphatic rings. The second-order valence-electron chi connectivity index (χ2n) is 4.28. The van der Waals surface area contributed by atoms with Gasteiger partial charge in [-0.15, -0.1) is 0 Å². The molecule has 1 aromatic carbocycles. The van der Waals surface area contributed by atoms with Gasteiger partial charge in [0.25, 0.3) is 0 Å². The summed E-state index contributed by atoms with van der Waals surface area (Å²) in [6.07, 6.45) is 0.981.